The molecule has 1 aromatic carbocycles. The number of halogens is 2. The van der Waals surface area contributed by atoms with E-state index in [9.17, 15) is 14.9 Å². The van der Waals surface area contributed by atoms with Crippen molar-refractivity contribution in [2.75, 3.05) is 6.54 Å². The van der Waals surface area contributed by atoms with Crippen LogP contribution in [0.4, 0.5) is 5.69 Å². The summed E-state index contributed by atoms with van der Waals surface area (Å²) in [5, 5.41) is 17.2. The maximum atomic E-state index is 12.2. The topological polar surface area (TPSA) is 84.3 Å². The van der Waals surface area contributed by atoms with Gasteiger partial charge in [-0.1, -0.05) is 15.9 Å². The maximum absolute atomic E-state index is 12.2. The number of benzene rings is 1. The largest absolute Gasteiger partial charge is 0.348 e. The van der Waals surface area contributed by atoms with Crippen LogP contribution in [0.5, 0.6) is 0 Å². The van der Waals surface area contributed by atoms with Gasteiger partial charge in [-0.25, -0.2) is 0 Å². The van der Waals surface area contributed by atoms with Gasteiger partial charge in [-0.15, -0.1) is 12.4 Å². The van der Waals surface area contributed by atoms with Crippen LogP contribution >= 0.6 is 28.3 Å². The maximum Gasteiger partial charge on any atom is 0.283 e. The Hall–Kier alpha value is -1.18. The number of nitro groups is 1. The first kappa shape index (κ1) is 17.9. The molecule has 0 bridgehead atoms. The second-order valence-electron chi connectivity index (χ2n) is 4.88. The molecule has 2 N–H and O–H groups in total. The average molecular weight is 379 g/mol. The number of nitrogens with zero attached hydrogens (tertiary/aromatic N) is 1. The summed E-state index contributed by atoms with van der Waals surface area (Å²) < 4.78 is 0.577. The molecule has 0 radical (unpaired) electrons. The minimum atomic E-state index is -0.539. The molecule has 6 nitrogen and oxygen atoms in total. The third-order valence-corrected chi connectivity index (χ3v) is 3.97. The molecule has 1 aliphatic heterocycles. The van der Waals surface area contributed by atoms with Crippen molar-refractivity contribution in [2.24, 2.45) is 0 Å². The third kappa shape index (κ3) is 4.39. The fraction of sp³-hybridized carbons (Fsp3) is 0.462. The Morgan fingerprint density at radius 1 is 1.52 bits per heavy atom. The first-order valence-corrected chi connectivity index (χ1v) is 7.26. The van der Waals surface area contributed by atoms with Gasteiger partial charge in [0, 0.05) is 22.6 Å². The molecule has 2 atom stereocenters. The van der Waals surface area contributed by atoms with Crippen molar-refractivity contribution in [1.82, 2.24) is 10.6 Å². The third-order valence-electron chi connectivity index (χ3n) is 3.48. The van der Waals surface area contributed by atoms with E-state index in [1.165, 1.54) is 12.1 Å². The predicted octanol–water partition coefficient (Wildman–Crippen LogP) is 2.65. The van der Waals surface area contributed by atoms with Gasteiger partial charge in [-0.05, 0) is 38.4 Å². The Morgan fingerprint density at radius 3 is 2.86 bits per heavy atom. The van der Waals surface area contributed by atoms with E-state index in [0.29, 0.717) is 4.47 Å². The van der Waals surface area contributed by atoms with E-state index in [4.69, 9.17) is 0 Å². The molecule has 2 rings (SSSR count). The molecule has 0 aromatic heterocycles. The summed E-state index contributed by atoms with van der Waals surface area (Å²) in [6, 6.07) is 4.61. The fourth-order valence-corrected chi connectivity index (χ4v) is 2.68. The molecule has 2 unspecified atom stereocenters. The molecule has 0 aliphatic carbocycles. The standard InChI is InChI=1S/C13H16BrN3O3.ClH/c1-8-11(3-2-6-15-8)16-13(18)10-5-4-9(14)7-12(10)17(19)20;/h4-5,7-8,11,15H,2-3,6H2,1H3,(H,16,18);1H. The van der Waals surface area contributed by atoms with Crippen molar-refractivity contribution in [2.45, 2.75) is 31.8 Å². The highest BCUT2D eigenvalue weighted by molar-refractivity contribution is 9.10. The van der Waals surface area contributed by atoms with Gasteiger partial charge >= 0.3 is 0 Å². The van der Waals surface area contributed by atoms with Crippen molar-refractivity contribution in [1.29, 1.82) is 0 Å². The van der Waals surface area contributed by atoms with E-state index < -0.39 is 10.8 Å². The lowest BCUT2D eigenvalue weighted by Gasteiger charge is -2.30. The van der Waals surface area contributed by atoms with Gasteiger partial charge in [0.15, 0.2) is 0 Å². The summed E-state index contributed by atoms with van der Waals surface area (Å²) in [6.07, 6.45) is 1.86. The molecule has 8 heteroatoms. The predicted molar refractivity (Wildman–Crippen MR) is 86.0 cm³/mol. The highest BCUT2D eigenvalue weighted by atomic mass is 79.9. The Balaban J connectivity index is 0.00000220. The van der Waals surface area contributed by atoms with Gasteiger partial charge in [-0.3, -0.25) is 14.9 Å². The van der Waals surface area contributed by atoms with Crippen LogP contribution in [0, 0.1) is 10.1 Å². The quantitative estimate of drug-likeness (QED) is 0.625. The number of carbonyl (C=O) groups is 1. The minimum Gasteiger partial charge on any atom is -0.348 e. The molecule has 116 valence electrons. The smallest absolute Gasteiger partial charge is 0.283 e. The van der Waals surface area contributed by atoms with Gasteiger partial charge in [0.05, 0.1) is 4.92 Å². The normalized spacial score (nSPS) is 21.2. The Kier molecular flexibility index (Phi) is 6.57. The SMILES string of the molecule is CC1NCCCC1NC(=O)c1ccc(Br)cc1[N+](=O)[O-].Cl. The van der Waals surface area contributed by atoms with Crippen LogP contribution < -0.4 is 10.6 Å². The molecule has 1 aliphatic rings. The second-order valence-corrected chi connectivity index (χ2v) is 5.80. The van der Waals surface area contributed by atoms with Crippen LogP contribution in [-0.2, 0) is 0 Å². The molecule has 1 fully saturated rings. The van der Waals surface area contributed by atoms with Crippen LogP contribution in [0.2, 0.25) is 0 Å². The molecule has 0 saturated carbocycles. The average Bonchev–Trinajstić information content (AvgIpc) is 2.41. The number of nitrogens with one attached hydrogen (secondary N) is 2. The Bertz CT molecular complexity index is 541. The number of rotatable bonds is 3. The molecule has 1 heterocycles. The van der Waals surface area contributed by atoms with Crippen molar-refractivity contribution in [3.05, 3.63) is 38.3 Å². The summed E-state index contributed by atoms with van der Waals surface area (Å²) in [5.41, 5.74) is -0.0933. The monoisotopic (exact) mass is 377 g/mol. The van der Waals surface area contributed by atoms with Gasteiger partial charge in [0.25, 0.3) is 11.6 Å². The summed E-state index contributed by atoms with van der Waals surface area (Å²) in [6.45, 7) is 2.94. The Labute approximate surface area is 137 Å². The molecule has 0 spiro atoms. The molecule has 1 saturated heterocycles. The molecule has 1 amide bonds. The highest BCUT2D eigenvalue weighted by Gasteiger charge is 2.26. The van der Waals surface area contributed by atoms with Gasteiger partial charge in [0.2, 0.25) is 0 Å². The molecule has 1 aromatic rings. The second kappa shape index (κ2) is 7.72. The fourth-order valence-electron chi connectivity index (χ4n) is 2.34. The first-order valence-electron chi connectivity index (χ1n) is 6.47. The molecular weight excluding hydrogens is 362 g/mol. The lowest BCUT2D eigenvalue weighted by molar-refractivity contribution is -0.385. The zero-order chi connectivity index (χ0) is 14.7. The lowest BCUT2D eigenvalue weighted by Crippen LogP contribution is -2.51. The van der Waals surface area contributed by atoms with E-state index in [1.807, 2.05) is 6.92 Å². The van der Waals surface area contributed by atoms with Gasteiger partial charge in [-0.2, -0.15) is 0 Å². The summed E-state index contributed by atoms with van der Waals surface area (Å²) >= 11 is 3.18. The van der Waals surface area contributed by atoms with Crippen molar-refractivity contribution in [3.63, 3.8) is 0 Å². The highest BCUT2D eigenvalue weighted by Crippen LogP contribution is 2.24. The van der Waals surface area contributed by atoms with Crippen molar-refractivity contribution >= 4 is 39.9 Å². The van der Waals surface area contributed by atoms with Crippen molar-refractivity contribution in [3.8, 4) is 0 Å². The number of amides is 1. The summed E-state index contributed by atoms with van der Waals surface area (Å²) in [7, 11) is 0. The van der Waals surface area contributed by atoms with Gasteiger partial charge < -0.3 is 10.6 Å². The van der Waals surface area contributed by atoms with Crippen LogP contribution in [0.25, 0.3) is 0 Å². The van der Waals surface area contributed by atoms with E-state index in [1.54, 1.807) is 6.07 Å². The van der Waals surface area contributed by atoms with E-state index >= 15 is 0 Å². The van der Waals surface area contributed by atoms with Crippen LogP contribution in [0.3, 0.4) is 0 Å². The van der Waals surface area contributed by atoms with Crippen LogP contribution in [0.15, 0.2) is 22.7 Å². The first-order chi connectivity index (χ1) is 9.49. The minimum absolute atomic E-state index is 0. The summed E-state index contributed by atoms with van der Waals surface area (Å²) in [4.78, 5) is 22.7. The van der Waals surface area contributed by atoms with Gasteiger partial charge in [0.1, 0.15) is 5.56 Å². The van der Waals surface area contributed by atoms with E-state index in [2.05, 4.69) is 26.6 Å². The zero-order valence-corrected chi connectivity index (χ0v) is 13.9. The number of hydrogen-bond donors (Lipinski definition) is 2. The van der Waals surface area contributed by atoms with Crippen LogP contribution in [-0.4, -0.2) is 29.5 Å². The molecule has 21 heavy (non-hydrogen) atoms. The van der Waals surface area contributed by atoms with Crippen molar-refractivity contribution < 1.29 is 9.72 Å². The van der Waals surface area contributed by atoms with E-state index in [-0.39, 0.29) is 35.7 Å². The summed E-state index contributed by atoms with van der Waals surface area (Å²) in [5.74, 6) is -0.398. The van der Waals surface area contributed by atoms with E-state index in [0.717, 1.165) is 19.4 Å². The molecular formula is C13H17BrClN3O3. The number of piperidine rings is 1. The number of carbonyl (C=O) groups excluding carboxylic acids is 1. The lowest BCUT2D eigenvalue weighted by atomic mass is 9.99. The number of nitro benzene ring substituents is 1. The van der Waals surface area contributed by atoms with Crippen LogP contribution in [0.1, 0.15) is 30.1 Å². The zero-order valence-electron chi connectivity index (χ0n) is 11.5. The Morgan fingerprint density at radius 2 is 2.24 bits per heavy atom. The number of hydrogen-bond acceptors (Lipinski definition) is 4.